The average Bonchev–Trinajstić information content (AvgIpc) is 2.34. The zero-order chi connectivity index (χ0) is 12.8. The summed E-state index contributed by atoms with van der Waals surface area (Å²) in [4.78, 5) is 0. The fourth-order valence-corrected chi connectivity index (χ4v) is 5.85. The maximum absolute atomic E-state index is 11.7. The van der Waals surface area contributed by atoms with E-state index in [1.165, 1.54) is 38.5 Å². The lowest BCUT2D eigenvalue weighted by molar-refractivity contribution is 0.0995. The zero-order valence-corrected chi connectivity index (χ0v) is 12.1. The molecule has 1 N–H and O–H groups in total. The lowest BCUT2D eigenvalue weighted by atomic mass is 9.68. The summed E-state index contributed by atoms with van der Waals surface area (Å²) in [5.41, 5.74) is -0.158. The highest BCUT2D eigenvalue weighted by Crippen LogP contribution is 2.41. The van der Waals surface area contributed by atoms with E-state index in [9.17, 15) is 8.42 Å². The largest absolute Gasteiger partial charge is 0.307 e. The molecular formula is C14H25NO2S. The molecule has 0 aromatic heterocycles. The molecule has 3 nitrogen and oxygen atoms in total. The molecule has 18 heavy (non-hydrogen) atoms. The molecule has 0 amide bonds. The minimum Gasteiger partial charge on any atom is -0.307 e. The maximum Gasteiger partial charge on any atom is 0.152 e. The van der Waals surface area contributed by atoms with E-state index in [2.05, 4.69) is 12.2 Å². The fraction of sp³-hybridized carbons (Fsp3) is 1.00. The second-order valence-corrected chi connectivity index (χ2v) is 9.14. The van der Waals surface area contributed by atoms with Crippen LogP contribution in [0.1, 0.15) is 51.9 Å². The third kappa shape index (κ3) is 2.46. The van der Waals surface area contributed by atoms with Gasteiger partial charge in [-0.3, -0.25) is 0 Å². The first kappa shape index (κ1) is 12.9. The van der Waals surface area contributed by atoms with Crippen molar-refractivity contribution in [2.75, 3.05) is 11.5 Å². The molecule has 1 atom stereocenters. The van der Waals surface area contributed by atoms with Crippen molar-refractivity contribution in [1.29, 1.82) is 0 Å². The van der Waals surface area contributed by atoms with Crippen LogP contribution in [0.25, 0.3) is 0 Å². The van der Waals surface area contributed by atoms with E-state index < -0.39 is 9.84 Å². The summed E-state index contributed by atoms with van der Waals surface area (Å²) < 4.78 is 23.4. The van der Waals surface area contributed by atoms with E-state index in [1.807, 2.05) is 0 Å². The molecule has 0 aromatic carbocycles. The van der Waals surface area contributed by atoms with Crippen molar-refractivity contribution < 1.29 is 8.42 Å². The third-order valence-corrected chi connectivity index (χ3v) is 7.24. The minimum atomic E-state index is -2.79. The monoisotopic (exact) mass is 271 g/mol. The van der Waals surface area contributed by atoms with Crippen LogP contribution in [0.2, 0.25) is 0 Å². The predicted octanol–water partition coefficient (Wildman–Crippen LogP) is 2.12. The van der Waals surface area contributed by atoms with E-state index in [4.69, 9.17) is 0 Å². The molecule has 1 unspecified atom stereocenters. The van der Waals surface area contributed by atoms with Crippen molar-refractivity contribution in [3.05, 3.63) is 0 Å². The number of hydrogen-bond donors (Lipinski definition) is 1. The summed E-state index contributed by atoms with van der Waals surface area (Å²) in [7, 11) is -2.79. The van der Waals surface area contributed by atoms with Crippen molar-refractivity contribution in [1.82, 2.24) is 5.32 Å². The van der Waals surface area contributed by atoms with Crippen molar-refractivity contribution in [2.45, 2.75) is 63.5 Å². The van der Waals surface area contributed by atoms with Crippen LogP contribution >= 0.6 is 0 Å². The van der Waals surface area contributed by atoms with Gasteiger partial charge in [0, 0.05) is 11.6 Å². The maximum atomic E-state index is 11.7. The summed E-state index contributed by atoms with van der Waals surface area (Å²) >= 11 is 0. The van der Waals surface area contributed by atoms with Crippen LogP contribution in [0.5, 0.6) is 0 Å². The highest BCUT2D eigenvalue weighted by Gasteiger charge is 2.44. The Morgan fingerprint density at radius 1 is 1.11 bits per heavy atom. The lowest BCUT2D eigenvalue weighted by Crippen LogP contribution is -2.56. The van der Waals surface area contributed by atoms with E-state index in [0.29, 0.717) is 17.5 Å². The zero-order valence-electron chi connectivity index (χ0n) is 11.3. The molecule has 1 heterocycles. The molecule has 1 saturated heterocycles. The van der Waals surface area contributed by atoms with Gasteiger partial charge in [0.25, 0.3) is 0 Å². The van der Waals surface area contributed by atoms with Gasteiger partial charge in [-0.2, -0.15) is 0 Å². The van der Waals surface area contributed by atoms with Crippen molar-refractivity contribution in [3.63, 3.8) is 0 Å². The third-order valence-electron chi connectivity index (χ3n) is 5.33. The van der Waals surface area contributed by atoms with Crippen LogP contribution in [0.3, 0.4) is 0 Å². The van der Waals surface area contributed by atoms with E-state index in [1.54, 1.807) is 0 Å². The molecule has 3 rings (SSSR count). The smallest absolute Gasteiger partial charge is 0.152 e. The summed E-state index contributed by atoms with van der Waals surface area (Å²) in [6, 6.07) is 0.589. The molecule has 0 radical (unpaired) electrons. The quantitative estimate of drug-likeness (QED) is 0.852. The van der Waals surface area contributed by atoms with Crippen LogP contribution in [0.4, 0.5) is 0 Å². The molecule has 0 spiro atoms. The summed E-state index contributed by atoms with van der Waals surface area (Å²) in [5, 5.41) is 3.77. The van der Waals surface area contributed by atoms with Crippen LogP contribution in [-0.2, 0) is 9.84 Å². The number of hydrogen-bond acceptors (Lipinski definition) is 3. The number of nitrogens with one attached hydrogen (secondary N) is 1. The lowest BCUT2D eigenvalue weighted by Gasteiger charge is -2.46. The Labute approximate surface area is 111 Å². The van der Waals surface area contributed by atoms with Crippen molar-refractivity contribution in [3.8, 4) is 0 Å². The molecule has 4 heteroatoms. The van der Waals surface area contributed by atoms with Crippen LogP contribution in [0.15, 0.2) is 0 Å². The Kier molecular flexibility index (Phi) is 3.22. The summed E-state index contributed by atoms with van der Waals surface area (Å²) in [6.45, 7) is 2.11. The van der Waals surface area contributed by atoms with Crippen LogP contribution in [0, 0.1) is 11.8 Å². The Morgan fingerprint density at radius 2 is 1.67 bits per heavy atom. The molecule has 2 saturated carbocycles. The fourth-order valence-electron chi connectivity index (χ4n) is 3.75. The first-order chi connectivity index (χ1) is 8.48. The van der Waals surface area contributed by atoms with E-state index in [0.717, 1.165) is 18.3 Å². The van der Waals surface area contributed by atoms with Gasteiger partial charge in [-0.1, -0.05) is 12.8 Å². The Balaban J connectivity index is 1.68. The van der Waals surface area contributed by atoms with Gasteiger partial charge in [0.2, 0.25) is 0 Å². The molecule has 104 valence electrons. The van der Waals surface area contributed by atoms with Crippen LogP contribution in [-0.4, -0.2) is 31.5 Å². The van der Waals surface area contributed by atoms with E-state index in [-0.39, 0.29) is 5.54 Å². The minimum absolute atomic E-state index is 0.158. The topological polar surface area (TPSA) is 46.2 Å². The Morgan fingerprint density at radius 3 is 2.00 bits per heavy atom. The van der Waals surface area contributed by atoms with Crippen LogP contribution < -0.4 is 5.32 Å². The predicted molar refractivity (Wildman–Crippen MR) is 73.3 cm³/mol. The molecule has 3 fully saturated rings. The SMILES string of the molecule is CC1(NC(C2CCC2)C2CCC2)CCS(=O)(=O)C1. The van der Waals surface area contributed by atoms with Crippen molar-refractivity contribution >= 4 is 9.84 Å². The van der Waals surface area contributed by atoms with Gasteiger partial charge >= 0.3 is 0 Å². The van der Waals surface area contributed by atoms with Crippen molar-refractivity contribution in [2.24, 2.45) is 11.8 Å². The highest BCUT2D eigenvalue weighted by atomic mass is 32.2. The second-order valence-electron chi connectivity index (χ2n) is 6.95. The molecule has 0 aromatic rings. The Bertz CT molecular complexity index is 398. The van der Waals surface area contributed by atoms with Gasteiger partial charge in [-0.15, -0.1) is 0 Å². The molecule has 2 aliphatic carbocycles. The standard InChI is InChI=1S/C14H25NO2S/c1-14(8-9-18(16,17)10-14)15-13(11-4-2-5-11)12-6-3-7-12/h11-13,15H,2-10H2,1H3. The summed E-state index contributed by atoms with van der Waals surface area (Å²) in [5.74, 6) is 2.35. The van der Waals surface area contributed by atoms with E-state index >= 15 is 0 Å². The van der Waals surface area contributed by atoms with Gasteiger partial charge in [0.15, 0.2) is 9.84 Å². The average molecular weight is 271 g/mol. The first-order valence-corrected chi connectivity index (χ1v) is 9.28. The van der Waals surface area contributed by atoms with Gasteiger partial charge in [-0.25, -0.2) is 8.42 Å². The number of sulfone groups is 1. The summed E-state index contributed by atoms with van der Waals surface area (Å²) in [6.07, 6.45) is 8.91. The Hall–Kier alpha value is -0.0900. The molecule has 3 aliphatic rings. The van der Waals surface area contributed by atoms with Gasteiger partial charge in [0.05, 0.1) is 11.5 Å². The van der Waals surface area contributed by atoms with Gasteiger partial charge in [-0.05, 0) is 50.9 Å². The normalized spacial score (nSPS) is 36.6. The first-order valence-electron chi connectivity index (χ1n) is 7.46. The number of rotatable bonds is 4. The van der Waals surface area contributed by atoms with Gasteiger partial charge in [0.1, 0.15) is 0 Å². The molecular weight excluding hydrogens is 246 g/mol. The van der Waals surface area contributed by atoms with Gasteiger partial charge < -0.3 is 5.32 Å². The molecule has 1 aliphatic heterocycles. The molecule has 0 bridgehead atoms. The highest BCUT2D eigenvalue weighted by molar-refractivity contribution is 7.91. The second kappa shape index (κ2) is 4.48.